The molecule has 2 aromatic carbocycles. The minimum atomic E-state index is -0.785. The minimum absolute atomic E-state index is 0.0255. The van der Waals surface area contributed by atoms with Crippen LogP contribution in [0, 0.1) is 20.8 Å². The van der Waals surface area contributed by atoms with Crippen LogP contribution in [0.2, 0.25) is 0 Å². The van der Waals surface area contributed by atoms with E-state index in [0.717, 1.165) is 11.3 Å². The van der Waals surface area contributed by atoms with Crippen molar-refractivity contribution in [2.75, 3.05) is 6.61 Å². The number of carbonyl (C=O) groups is 2. The molecule has 5 aromatic rings. The lowest BCUT2D eigenvalue weighted by atomic mass is 10.1. The molecule has 9 nitrogen and oxygen atoms in total. The van der Waals surface area contributed by atoms with Gasteiger partial charge >= 0.3 is 5.97 Å². The van der Waals surface area contributed by atoms with E-state index in [9.17, 15) is 14.4 Å². The maximum absolute atomic E-state index is 13.1. The van der Waals surface area contributed by atoms with Crippen molar-refractivity contribution in [2.24, 2.45) is 0 Å². The first kappa shape index (κ1) is 23.9. The Bertz CT molecular complexity index is 1700. The summed E-state index contributed by atoms with van der Waals surface area (Å²) >= 11 is 0. The molecule has 0 saturated carbocycles. The van der Waals surface area contributed by atoms with Crippen molar-refractivity contribution in [3.63, 3.8) is 0 Å². The number of Topliss-reactive ketones (excluding diaryl/α,β-unsaturated/α-hetero) is 1. The number of esters is 1. The number of rotatable bonds is 7. The van der Waals surface area contributed by atoms with Gasteiger partial charge in [0.15, 0.2) is 18.1 Å². The second-order valence-electron chi connectivity index (χ2n) is 8.76. The summed E-state index contributed by atoms with van der Waals surface area (Å²) in [6.45, 7) is 5.15. The minimum Gasteiger partial charge on any atom is -0.452 e. The highest BCUT2D eigenvalue weighted by atomic mass is 16.5. The number of fused-ring (bicyclic) bond motifs is 1. The van der Waals surface area contributed by atoms with Gasteiger partial charge in [0.1, 0.15) is 5.76 Å². The summed E-state index contributed by atoms with van der Waals surface area (Å²) in [5.41, 5.74) is 2.38. The van der Waals surface area contributed by atoms with Crippen LogP contribution in [0.3, 0.4) is 0 Å². The number of ketones is 1. The van der Waals surface area contributed by atoms with Crippen molar-refractivity contribution >= 4 is 22.5 Å². The molecule has 9 heteroatoms. The Balaban J connectivity index is 1.41. The number of benzene rings is 2. The largest absolute Gasteiger partial charge is 0.452 e. The smallest absolute Gasteiger partial charge is 0.359 e. The van der Waals surface area contributed by atoms with Crippen molar-refractivity contribution in [3.05, 3.63) is 111 Å². The first-order valence-electron chi connectivity index (χ1n) is 11.7. The fourth-order valence-corrected chi connectivity index (χ4v) is 4.38. The molecular weight excluding hydrogens is 472 g/mol. The normalized spacial score (nSPS) is 11.1. The zero-order valence-corrected chi connectivity index (χ0v) is 20.6. The number of ether oxygens (including phenoxy) is 1. The Morgan fingerprint density at radius 1 is 0.946 bits per heavy atom. The predicted molar refractivity (Wildman–Crippen MR) is 136 cm³/mol. The van der Waals surface area contributed by atoms with Gasteiger partial charge in [-0.1, -0.05) is 53.7 Å². The molecule has 0 radical (unpaired) electrons. The van der Waals surface area contributed by atoms with E-state index in [1.54, 1.807) is 54.8 Å². The average Bonchev–Trinajstić information content (AvgIpc) is 3.46. The number of aromatic nitrogens is 4. The molecule has 0 aliphatic rings. The van der Waals surface area contributed by atoms with Crippen molar-refractivity contribution in [2.45, 2.75) is 27.3 Å². The van der Waals surface area contributed by atoms with Crippen LogP contribution in [-0.2, 0) is 11.3 Å². The standard InChI is InChI=1S/C28H24N4O5/c1-17-13-23(19(3)32(17)25-14-18(2)37-30-25)24(33)16-36-28(35)26-21-11-7-8-12-22(21)27(34)31(29-26)15-20-9-5-4-6-10-20/h4-14H,15-16H2,1-3H3. The summed E-state index contributed by atoms with van der Waals surface area (Å²) < 4.78 is 13.6. The number of hydrogen-bond donors (Lipinski definition) is 0. The van der Waals surface area contributed by atoms with Gasteiger partial charge in [0, 0.05) is 28.4 Å². The number of aryl methyl sites for hydroxylation is 2. The molecule has 0 aliphatic carbocycles. The summed E-state index contributed by atoms with van der Waals surface area (Å²) in [4.78, 5) is 39.2. The highest BCUT2D eigenvalue weighted by molar-refractivity contribution is 6.04. The zero-order valence-electron chi connectivity index (χ0n) is 20.6. The topological polar surface area (TPSA) is 109 Å². The van der Waals surface area contributed by atoms with Crippen LogP contribution in [0.1, 0.15) is 43.6 Å². The first-order chi connectivity index (χ1) is 17.8. The second kappa shape index (κ2) is 9.69. The fraction of sp³-hybridized carbons (Fsp3) is 0.179. The van der Waals surface area contributed by atoms with Crippen LogP contribution in [-0.4, -0.2) is 37.9 Å². The van der Waals surface area contributed by atoms with Gasteiger partial charge in [0.2, 0.25) is 5.78 Å². The molecule has 0 unspecified atom stereocenters. The summed E-state index contributed by atoms with van der Waals surface area (Å²) in [6, 6.07) is 19.6. The van der Waals surface area contributed by atoms with Crippen LogP contribution in [0.25, 0.3) is 16.6 Å². The van der Waals surface area contributed by atoms with Gasteiger partial charge < -0.3 is 9.26 Å². The summed E-state index contributed by atoms with van der Waals surface area (Å²) in [5, 5.41) is 9.06. The third kappa shape index (κ3) is 4.58. The van der Waals surface area contributed by atoms with Crippen molar-refractivity contribution in [1.29, 1.82) is 0 Å². The Hall–Kier alpha value is -4.79. The van der Waals surface area contributed by atoms with Crippen LogP contribution in [0.15, 0.2) is 76.0 Å². The van der Waals surface area contributed by atoms with Gasteiger partial charge in [0.25, 0.3) is 5.56 Å². The van der Waals surface area contributed by atoms with Crippen LogP contribution in [0.5, 0.6) is 0 Å². The maximum Gasteiger partial charge on any atom is 0.359 e. The van der Waals surface area contributed by atoms with Crippen LogP contribution in [0.4, 0.5) is 0 Å². The second-order valence-corrected chi connectivity index (χ2v) is 8.76. The Kier molecular flexibility index (Phi) is 6.27. The van der Waals surface area contributed by atoms with E-state index >= 15 is 0 Å². The monoisotopic (exact) mass is 496 g/mol. The zero-order chi connectivity index (χ0) is 26.1. The van der Waals surface area contributed by atoms with Gasteiger partial charge in [-0.25, -0.2) is 9.48 Å². The van der Waals surface area contributed by atoms with E-state index in [2.05, 4.69) is 10.3 Å². The van der Waals surface area contributed by atoms with E-state index in [-0.39, 0.29) is 23.6 Å². The predicted octanol–water partition coefficient (Wildman–Crippen LogP) is 4.19. The number of hydrogen-bond acceptors (Lipinski definition) is 7. The Morgan fingerprint density at radius 2 is 1.65 bits per heavy atom. The molecule has 0 spiro atoms. The summed E-state index contributed by atoms with van der Waals surface area (Å²) in [6.07, 6.45) is 0. The molecule has 37 heavy (non-hydrogen) atoms. The van der Waals surface area contributed by atoms with E-state index in [1.807, 2.05) is 37.3 Å². The van der Waals surface area contributed by atoms with E-state index in [1.165, 1.54) is 4.68 Å². The van der Waals surface area contributed by atoms with E-state index in [0.29, 0.717) is 33.6 Å². The highest BCUT2D eigenvalue weighted by Gasteiger charge is 2.22. The van der Waals surface area contributed by atoms with Crippen LogP contribution >= 0.6 is 0 Å². The molecule has 3 aromatic heterocycles. The lowest BCUT2D eigenvalue weighted by molar-refractivity contribution is 0.0468. The third-order valence-corrected chi connectivity index (χ3v) is 6.15. The Labute approximate surface area is 211 Å². The SMILES string of the molecule is Cc1cc(-n2c(C)cc(C(=O)COC(=O)c3nn(Cc4ccccc4)c(=O)c4ccccc34)c2C)no1. The van der Waals surface area contributed by atoms with Gasteiger partial charge in [-0.2, -0.15) is 5.10 Å². The fourth-order valence-electron chi connectivity index (χ4n) is 4.38. The average molecular weight is 497 g/mol. The summed E-state index contributed by atoms with van der Waals surface area (Å²) in [7, 11) is 0. The third-order valence-electron chi connectivity index (χ3n) is 6.15. The molecule has 0 atom stereocenters. The lowest BCUT2D eigenvalue weighted by Crippen LogP contribution is -2.27. The molecule has 0 N–H and O–H groups in total. The lowest BCUT2D eigenvalue weighted by Gasteiger charge is -2.11. The molecule has 0 saturated heterocycles. The van der Waals surface area contributed by atoms with Gasteiger partial charge in [0.05, 0.1) is 11.9 Å². The van der Waals surface area contributed by atoms with Crippen molar-refractivity contribution in [3.8, 4) is 5.82 Å². The molecule has 0 amide bonds. The number of nitrogens with zero attached hydrogens (tertiary/aromatic N) is 4. The quantitative estimate of drug-likeness (QED) is 0.245. The molecule has 0 bridgehead atoms. The van der Waals surface area contributed by atoms with Gasteiger partial charge in [-0.15, -0.1) is 0 Å². The first-order valence-corrected chi connectivity index (χ1v) is 11.7. The molecule has 186 valence electrons. The maximum atomic E-state index is 13.1. The van der Waals surface area contributed by atoms with Crippen molar-refractivity contribution < 1.29 is 18.8 Å². The van der Waals surface area contributed by atoms with Gasteiger partial charge in [-0.05, 0) is 38.5 Å². The molecule has 0 aliphatic heterocycles. The van der Waals surface area contributed by atoms with Crippen molar-refractivity contribution in [1.82, 2.24) is 19.5 Å². The van der Waals surface area contributed by atoms with E-state index in [4.69, 9.17) is 9.26 Å². The van der Waals surface area contributed by atoms with Gasteiger partial charge in [-0.3, -0.25) is 14.2 Å². The number of carbonyl (C=O) groups excluding carboxylic acids is 2. The molecule has 3 heterocycles. The Morgan fingerprint density at radius 3 is 2.35 bits per heavy atom. The molecule has 5 rings (SSSR count). The molecule has 0 fully saturated rings. The molecular formula is C28H24N4O5. The highest BCUT2D eigenvalue weighted by Crippen LogP contribution is 2.22. The van der Waals surface area contributed by atoms with Crippen LogP contribution < -0.4 is 5.56 Å². The van der Waals surface area contributed by atoms with E-state index < -0.39 is 12.6 Å². The summed E-state index contributed by atoms with van der Waals surface area (Å²) in [5.74, 6) is 0.0691.